The Bertz CT molecular complexity index is 1470. The highest BCUT2D eigenvalue weighted by Crippen LogP contribution is 2.38. The maximum absolute atomic E-state index is 12.6. The van der Waals surface area contributed by atoms with Gasteiger partial charge in [0.15, 0.2) is 5.49 Å². The number of aromatic nitrogens is 2. The maximum atomic E-state index is 12.6. The first-order valence-corrected chi connectivity index (χ1v) is 9.92. The number of aromatic hydroxyl groups is 1. The Morgan fingerprint density at radius 2 is 1.53 bits per heavy atom. The number of hydrogen-bond acceptors (Lipinski definition) is 5. The van der Waals surface area contributed by atoms with Gasteiger partial charge in [-0.05, 0) is 29.8 Å². The Hall–Kier alpha value is -4.65. The molecule has 32 heavy (non-hydrogen) atoms. The Balaban J connectivity index is 1.67. The van der Waals surface area contributed by atoms with Crippen molar-refractivity contribution in [2.45, 2.75) is 0 Å². The maximum Gasteiger partial charge on any atom is 0.270 e. The third kappa shape index (κ3) is 3.41. The fourth-order valence-corrected chi connectivity index (χ4v) is 3.56. The molecule has 3 N–H and O–H groups in total. The first kappa shape index (κ1) is 19.3. The van der Waals surface area contributed by atoms with Gasteiger partial charge in [-0.2, -0.15) is 0 Å². The van der Waals surface area contributed by atoms with Gasteiger partial charge in [0.05, 0.1) is 5.39 Å². The zero-order valence-electron chi connectivity index (χ0n) is 16.8. The average Bonchev–Trinajstić information content (AvgIpc) is 3.23. The van der Waals surface area contributed by atoms with Gasteiger partial charge in [-0.15, -0.1) is 0 Å². The lowest BCUT2D eigenvalue weighted by Gasteiger charge is -2.09. The molecule has 0 aliphatic heterocycles. The molecule has 5 rings (SSSR count). The Labute approximate surface area is 182 Å². The molecular weight excluding hydrogens is 404 g/mol. The van der Waals surface area contributed by atoms with E-state index in [1.165, 1.54) is 35.3 Å². The van der Waals surface area contributed by atoms with Gasteiger partial charge in [-0.25, -0.2) is 9.66 Å². The van der Waals surface area contributed by atoms with Gasteiger partial charge in [0.2, 0.25) is 5.71 Å². The number of furan rings is 1. The van der Waals surface area contributed by atoms with E-state index in [2.05, 4.69) is 10.4 Å². The lowest BCUT2D eigenvalue weighted by Crippen LogP contribution is -2.33. The summed E-state index contributed by atoms with van der Waals surface area (Å²) >= 11 is 0. The zero-order valence-corrected chi connectivity index (χ0v) is 16.8. The molecule has 1 amide bonds. The second-order valence-electron chi connectivity index (χ2n) is 7.17. The lowest BCUT2D eigenvalue weighted by molar-refractivity contribution is 0.101. The third-order valence-electron chi connectivity index (χ3n) is 5.11. The summed E-state index contributed by atoms with van der Waals surface area (Å²) in [7, 11) is 0. The van der Waals surface area contributed by atoms with Crippen LogP contribution in [0.5, 0.6) is 5.75 Å². The standard InChI is InChI=1S/C25H18N4O3/c26-23-21-20(16-7-3-1-4-8-16)22(17-9-5-2-6-10-17)32-25(21)27-15-29(23)28-24(31)18-11-13-19(30)14-12-18/h1-15,26,30H,(H,28,31). The highest BCUT2D eigenvalue weighted by atomic mass is 16.3. The number of nitrogens with zero attached hydrogens (tertiary/aromatic N) is 2. The number of nitrogens with one attached hydrogen (secondary N) is 2. The molecule has 0 atom stereocenters. The van der Waals surface area contributed by atoms with E-state index in [0.717, 1.165) is 16.7 Å². The molecule has 5 aromatic rings. The first-order chi connectivity index (χ1) is 15.6. The molecule has 7 heteroatoms. The molecule has 2 aromatic heterocycles. The van der Waals surface area contributed by atoms with Crippen molar-refractivity contribution < 1.29 is 14.3 Å². The minimum Gasteiger partial charge on any atom is -0.508 e. The van der Waals surface area contributed by atoms with Gasteiger partial charge in [-0.3, -0.25) is 15.6 Å². The molecular formula is C25H18N4O3. The van der Waals surface area contributed by atoms with Crippen LogP contribution in [0.15, 0.2) is 95.7 Å². The van der Waals surface area contributed by atoms with E-state index in [0.29, 0.717) is 22.4 Å². The average molecular weight is 422 g/mol. The second-order valence-corrected chi connectivity index (χ2v) is 7.17. The van der Waals surface area contributed by atoms with Crippen LogP contribution in [0.2, 0.25) is 0 Å². The van der Waals surface area contributed by atoms with Crippen LogP contribution in [0.4, 0.5) is 0 Å². The first-order valence-electron chi connectivity index (χ1n) is 9.92. The Morgan fingerprint density at radius 3 is 2.19 bits per heavy atom. The summed E-state index contributed by atoms with van der Waals surface area (Å²) in [6, 6.07) is 25.2. The largest absolute Gasteiger partial charge is 0.508 e. The summed E-state index contributed by atoms with van der Waals surface area (Å²) in [4.78, 5) is 17.0. The van der Waals surface area contributed by atoms with E-state index in [9.17, 15) is 9.90 Å². The molecule has 0 bridgehead atoms. The highest BCUT2D eigenvalue weighted by Gasteiger charge is 2.21. The number of carbonyl (C=O) groups excluding carboxylic acids is 1. The van der Waals surface area contributed by atoms with Crippen LogP contribution in [0.25, 0.3) is 33.6 Å². The number of phenolic OH excluding ortho intramolecular Hbond substituents is 1. The number of fused-ring (bicyclic) bond motifs is 1. The van der Waals surface area contributed by atoms with Crippen molar-refractivity contribution >= 4 is 17.0 Å². The molecule has 156 valence electrons. The smallest absolute Gasteiger partial charge is 0.270 e. The lowest BCUT2D eigenvalue weighted by atomic mass is 10.00. The molecule has 0 spiro atoms. The van der Waals surface area contributed by atoms with Gasteiger partial charge in [0.1, 0.15) is 17.8 Å². The highest BCUT2D eigenvalue weighted by molar-refractivity contribution is 6.01. The summed E-state index contributed by atoms with van der Waals surface area (Å²) in [5.74, 6) is 0.242. The number of amides is 1. The summed E-state index contributed by atoms with van der Waals surface area (Å²) in [6.45, 7) is 0. The van der Waals surface area contributed by atoms with Crippen LogP contribution in [0, 0.1) is 5.41 Å². The summed E-state index contributed by atoms with van der Waals surface area (Å²) in [6.07, 6.45) is 1.34. The van der Waals surface area contributed by atoms with E-state index >= 15 is 0 Å². The van der Waals surface area contributed by atoms with Gasteiger partial charge < -0.3 is 9.52 Å². The van der Waals surface area contributed by atoms with Crippen LogP contribution in [-0.2, 0) is 0 Å². The molecule has 0 unspecified atom stereocenters. The van der Waals surface area contributed by atoms with E-state index < -0.39 is 5.91 Å². The Morgan fingerprint density at radius 1 is 0.906 bits per heavy atom. The monoisotopic (exact) mass is 422 g/mol. The summed E-state index contributed by atoms with van der Waals surface area (Å²) in [5, 5.41) is 18.7. The molecule has 2 heterocycles. The number of phenols is 1. The minimum atomic E-state index is -0.433. The number of hydrogen-bond donors (Lipinski definition) is 3. The predicted molar refractivity (Wildman–Crippen MR) is 121 cm³/mol. The van der Waals surface area contributed by atoms with Crippen LogP contribution < -0.4 is 10.9 Å². The molecule has 0 aliphatic carbocycles. The van der Waals surface area contributed by atoms with Crippen molar-refractivity contribution in [2.24, 2.45) is 0 Å². The fourth-order valence-electron chi connectivity index (χ4n) is 3.56. The molecule has 0 radical (unpaired) electrons. The van der Waals surface area contributed by atoms with Crippen molar-refractivity contribution in [1.82, 2.24) is 9.66 Å². The molecule has 0 aliphatic rings. The normalized spacial score (nSPS) is 10.9. The molecule has 0 fully saturated rings. The summed E-state index contributed by atoms with van der Waals surface area (Å²) < 4.78 is 7.35. The van der Waals surface area contributed by atoms with Crippen molar-refractivity contribution in [2.75, 3.05) is 5.43 Å². The SMILES string of the molecule is N=c1c2c(-c3ccccc3)c(-c3ccccc3)oc2ncn1NC(=O)c1ccc(O)cc1. The number of carbonyl (C=O) groups is 1. The van der Waals surface area contributed by atoms with E-state index in [1.807, 2.05) is 60.7 Å². The third-order valence-corrected chi connectivity index (χ3v) is 5.11. The number of rotatable bonds is 4. The molecule has 7 nitrogen and oxygen atoms in total. The zero-order chi connectivity index (χ0) is 22.1. The van der Waals surface area contributed by atoms with Crippen LogP contribution in [-0.4, -0.2) is 20.7 Å². The molecule has 0 saturated heterocycles. The quantitative estimate of drug-likeness (QED) is 0.396. The van der Waals surface area contributed by atoms with Crippen LogP contribution in [0.1, 0.15) is 10.4 Å². The van der Waals surface area contributed by atoms with Crippen molar-refractivity contribution in [1.29, 1.82) is 5.41 Å². The van der Waals surface area contributed by atoms with E-state index in [-0.39, 0.29) is 11.2 Å². The minimum absolute atomic E-state index is 0.0342. The van der Waals surface area contributed by atoms with Crippen LogP contribution >= 0.6 is 0 Å². The van der Waals surface area contributed by atoms with Gasteiger partial charge >= 0.3 is 0 Å². The van der Waals surface area contributed by atoms with Crippen molar-refractivity contribution in [3.8, 4) is 28.2 Å². The second kappa shape index (κ2) is 7.88. The topological polar surface area (TPSA) is 104 Å². The number of benzene rings is 3. The van der Waals surface area contributed by atoms with E-state index in [4.69, 9.17) is 9.83 Å². The van der Waals surface area contributed by atoms with Gasteiger partial charge in [0, 0.05) is 16.7 Å². The van der Waals surface area contributed by atoms with Gasteiger partial charge in [0.25, 0.3) is 5.91 Å². The Kier molecular flexibility index (Phi) is 4.76. The fraction of sp³-hybridized carbons (Fsp3) is 0. The molecule has 3 aromatic carbocycles. The van der Waals surface area contributed by atoms with E-state index in [1.54, 1.807) is 0 Å². The molecule has 0 saturated carbocycles. The van der Waals surface area contributed by atoms with Crippen LogP contribution in [0.3, 0.4) is 0 Å². The van der Waals surface area contributed by atoms with Crippen molar-refractivity contribution in [3.05, 3.63) is 102 Å². The summed E-state index contributed by atoms with van der Waals surface area (Å²) in [5.41, 5.74) is 5.83. The van der Waals surface area contributed by atoms with Crippen molar-refractivity contribution in [3.63, 3.8) is 0 Å². The predicted octanol–water partition coefficient (Wildman–Crippen LogP) is 4.53. The van der Waals surface area contributed by atoms with Gasteiger partial charge in [-0.1, -0.05) is 60.7 Å².